The second-order valence-electron chi connectivity index (χ2n) is 5.36. The topological polar surface area (TPSA) is 48.4 Å². The number of ether oxygens (including phenoxy) is 2. The van der Waals surface area contributed by atoms with Crippen molar-refractivity contribution in [2.45, 2.75) is 6.92 Å². The molecule has 1 aromatic heterocycles. The predicted octanol–water partition coefficient (Wildman–Crippen LogP) is 6.14. The van der Waals surface area contributed by atoms with E-state index in [0.29, 0.717) is 26.7 Å². The lowest BCUT2D eigenvalue weighted by atomic mass is 10.2. The zero-order valence-corrected chi connectivity index (χ0v) is 16.4. The van der Waals surface area contributed by atoms with Crippen molar-refractivity contribution in [1.29, 1.82) is 0 Å². The minimum atomic E-state index is -0.662. The Balaban J connectivity index is 1.82. The molecule has 0 saturated carbocycles. The smallest absolute Gasteiger partial charge is 0.349 e. The Hall–Kier alpha value is -1.72. The van der Waals surface area contributed by atoms with Gasteiger partial charge in [0.25, 0.3) is 0 Å². The maximum Gasteiger partial charge on any atom is 0.349 e. The Morgan fingerprint density at radius 3 is 2.50 bits per heavy atom. The fourth-order valence-corrected chi connectivity index (χ4v) is 3.28. The van der Waals surface area contributed by atoms with Crippen LogP contribution in [0.5, 0.6) is 11.5 Å². The molecule has 2 aromatic carbocycles. The summed E-state index contributed by atoms with van der Waals surface area (Å²) in [5.41, 5.74) is 1.14. The summed E-state index contributed by atoms with van der Waals surface area (Å²) in [7, 11) is 0. The van der Waals surface area contributed by atoms with Gasteiger partial charge in [0, 0.05) is 16.1 Å². The molecule has 0 saturated heterocycles. The average molecular weight is 431 g/mol. The summed E-state index contributed by atoms with van der Waals surface area (Å²) >= 11 is 24.2. The van der Waals surface area contributed by atoms with Crippen LogP contribution in [0.1, 0.15) is 5.69 Å². The number of hydrogen-bond acceptors (Lipinski definition) is 4. The molecule has 0 aliphatic carbocycles. The second kappa shape index (κ2) is 7.89. The third-order valence-electron chi connectivity index (χ3n) is 3.43. The van der Waals surface area contributed by atoms with E-state index in [1.807, 2.05) is 6.92 Å². The molecule has 0 bridgehead atoms. The number of nitrogens with zero attached hydrogens (tertiary/aromatic N) is 1. The molecule has 26 heavy (non-hydrogen) atoms. The van der Waals surface area contributed by atoms with Gasteiger partial charge in [0.05, 0.1) is 15.1 Å². The van der Waals surface area contributed by atoms with Gasteiger partial charge < -0.3 is 9.47 Å². The Labute approximate surface area is 169 Å². The molecule has 3 rings (SSSR count). The molecular weight excluding hydrogens is 420 g/mol. The van der Waals surface area contributed by atoms with Crippen LogP contribution in [0.3, 0.4) is 0 Å². The normalized spacial score (nSPS) is 10.8. The van der Waals surface area contributed by atoms with Gasteiger partial charge in [-0.15, -0.1) is 0 Å². The van der Waals surface area contributed by atoms with Crippen LogP contribution in [0.2, 0.25) is 20.1 Å². The molecule has 0 amide bonds. The van der Waals surface area contributed by atoms with Crippen molar-refractivity contribution >= 4 is 63.3 Å². The van der Waals surface area contributed by atoms with Crippen molar-refractivity contribution in [3.63, 3.8) is 0 Å². The molecule has 0 atom stereocenters. The van der Waals surface area contributed by atoms with Crippen molar-refractivity contribution in [2.75, 3.05) is 6.61 Å². The van der Waals surface area contributed by atoms with Gasteiger partial charge in [-0.2, -0.15) is 0 Å². The molecule has 8 heteroatoms. The largest absolute Gasteiger partial charge is 0.480 e. The standard InChI is InChI=1S/C18H11Cl4NO3/c1-9-2-4-11-12(20)7-14(22)18(17(11)23-9)26-16(24)8-25-15-5-3-10(19)6-13(15)21/h2-7H,8H2,1H3. The summed E-state index contributed by atoms with van der Waals surface area (Å²) in [6.45, 7) is 1.44. The van der Waals surface area contributed by atoms with Crippen molar-refractivity contribution in [3.05, 3.63) is 62.2 Å². The predicted molar refractivity (Wildman–Crippen MR) is 104 cm³/mol. The minimum Gasteiger partial charge on any atom is -0.480 e. The van der Waals surface area contributed by atoms with Crippen LogP contribution in [0, 0.1) is 6.92 Å². The first kappa shape index (κ1) is 19.1. The number of halogens is 4. The first-order valence-electron chi connectivity index (χ1n) is 7.39. The Morgan fingerprint density at radius 2 is 1.77 bits per heavy atom. The number of carbonyl (C=O) groups is 1. The van der Waals surface area contributed by atoms with E-state index in [-0.39, 0.29) is 22.4 Å². The summed E-state index contributed by atoms with van der Waals surface area (Å²) in [4.78, 5) is 16.6. The second-order valence-corrected chi connectivity index (χ2v) is 7.01. The molecule has 0 radical (unpaired) electrons. The fourth-order valence-electron chi connectivity index (χ4n) is 2.26. The summed E-state index contributed by atoms with van der Waals surface area (Å²) in [5, 5.41) is 1.98. The molecular formula is C18H11Cl4NO3. The lowest BCUT2D eigenvalue weighted by Crippen LogP contribution is -2.18. The van der Waals surface area contributed by atoms with E-state index in [0.717, 1.165) is 5.69 Å². The molecule has 0 aliphatic rings. The summed E-state index contributed by atoms with van der Waals surface area (Å²) in [6, 6.07) is 9.77. The molecule has 1 heterocycles. The zero-order chi connectivity index (χ0) is 18.8. The maximum atomic E-state index is 12.2. The van der Waals surface area contributed by atoms with E-state index in [2.05, 4.69) is 4.98 Å². The van der Waals surface area contributed by atoms with E-state index in [1.54, 1.807) is 24.3 Å². The molecule has 0 fully saturated rings. The molecule has 0 aliphatic heterocycles. The average Bonchev–Trinajstić information content (AvgIpc) is 2.57. The molecule has 0 N–H and O–H groups in total. The summed E-state index contributed by atoms with van der Waals surface area (Å²) in [6.07, 6.45) is 0. The van der Waals surface area contributed by atoms with Gasteiger partial charge in [-0.05, 0) is 43.3 Å². The number of hydrogen-bond donors (Lipinski definition) is 0. The van der Waals surface area contributed by atoms with Crippen LogP contribution in [0.25, 0.3) is 10.9 Å². The van der Waals surface area contributed by atoms with E-state index in [1.165, 1.54) is 12.1 Å². The van der Waals surface area contributed by atoms with Crippen LogP contribution in [-0.4, -0.2) is 17.6 Å². The number of fused-ring (bicyclic) bond motifs is 1. The molecule has 0 spiro atoms. The van der Waals surface area contributed by atoms with Crippen LogP contribution in [0.4, 0.5) is 0 Å². The van der Waals surface area contributed by atoms with E-state index < -0.39 is 5.97 Å². The number of aromatic nitrogens is 1. The van der Waals surface area contributed by atoms with E-state index >= 15 is 0 Å². The molecule has 3 aromatic rings. The SMILES string of the molecule is Cc1ccc2c(Cl)cc(Cl)c(OC(=O)COc3ccc(Cl)cc3Cl)c2n1. The van der Waals surface area contributed by atoms with Gasteiger partial charge in [0.15, 0.2) is 12.4 Å². The van der Waals surface area contributed by atoms with Crippen molar-refractivity contribution in [3.8, 4) is 11.5 Å². The third-order valence-corrected chi connectivity index (χ3v) is 4.56. The molecule has 134 valence electrons. The van der Waals surface area contributed by atoms with E-state index in [9.17, 15) is 4.79 Å². The Kier molecular flexibility index (Phi) is 5.78. The monoisotopic (exact) mass is 429 g/mol. The lowest BCUT2D eigenvalue weighted by molar-refractivity contribution is -0.136. The fraction of sp³-hybridized carbons (Fsp3) is 0.111. The van der Waals surface area contributed by atoms with Crippen LogP contribution in [0.15, 0.2) is 36.4 Å². The number of aryl methyl sites for hydroxylation is 1. The highest BCUT2D eigenvalue weighted by Crippen LogP contribution is 2.37. The highest BCUT2D eigenvalue weighted by Gasteiger charge is 2.17. The highest BCUT2D eigenvalue weighted by molar-refractivity contribution is 6.39. The third kappa shape index (κ3) is 4.15. The molecule has 0 unspecified atom stereocenters. The Morgan fingerprint density at radius 1 is 1.00 bits per heavy atom. The Bertz CT molecular complexity index is 1010. The minimum absolute atomic E-state index is 0.130. The first-order valence-corrected chi connectivity index (χ1v) is 8.90. The van der Waals surface area contributed by atoms with Gasteiger partial charge in [-0.3, -0.25) is 0 Å². The van der Waals surface area contributed by atoms with Crippen LogP contribution >= 0.6 is 46.4 Å². The number of carbonyl (C=O) groups excluding carboxylic acids is 1. The zero-order valence-electron chi connectivity index (χ0n) is 13.4. The summed E-state index contributed by atoms with van der Waals surface area (Å²) in [5.74, 6) is -0.218. The number of rotatable bonds is 4. The quantitative estimate of drug-likeness (QED) is 0.368. The van der Waals surface area contributed by atoms with Gasteiger partial charge in [0.2, 0.25) is 0 Å². The van der Waals surface area contributed by atoms with Crippen LogP contribution in [-0.2, 0) is 4.79 Å². The van der Waals surface area contributed by atoms with Crippen molar-refractivity contribution in [1.82, 2.24) is 4.98 Å². The lowest BCUT2D eigenvalue weighted by Gasteiger charge is -2.12. The van der Waals surface area contributed by atoms with Gasteiger partial charge in [0.1, 0.15) is 11.3 Å². The van der Waals surface area contributed by atoms with Gasteiger partial charge in [-0.1, -0.05) is 46.4 Å². The number of pyridine rings is 1. The maximum absolute atomic E-state index is 12.2. The molecule has 4 nitrogen and oxygen atoms in total. The first-order chi connectivity index (χ1) is 12.3. The summed E-state index contributed by atoms with van der Waals surface area (Å²) < 4.78 is 10.7. The number of esters is 1. The van der Waals surface area contributed by atoms with Gasteiger partial charge in [-0.25, -0.2) is 9.78 Å². The van der Waals surface area contributed by atoms with Crippen LogP contribution < -0.4 is 9.47 Å². The van der Waals surface area contributed by atoms with E-state index in [4.69, 9.17) is 55.9 Å². The van der Waals surface area contributed by atoms with Gasteiger partial charge >= 0.3 is 5.97 Å². The number of benzene rings is 2. The van der Waals surface area contributed by atoms with Crippen molar-refractivity contribution < 1.29 is 14.3 Å². The highest BCUT2D eigenvalue weighted by atomic mass is 35.5. The van der Waals surface area contributed by atoms with Crippen molar-refractivity contribution in [2.24, 2.45) is 0 Å².